The summed E-state index contributed by atoms with van der Waals surface area (Å²) in [6.45, 7) is 0. The monoisotopic (exact) mass is 451 g/mol. The summed E-state index contributed by atoms with van der Waals surface area (Å²) in [6, 6.07) is 18.8. The van der Waals surface area contributed by atoms with Crippen molar-refractivity contribution in [2.24, 2.45) is 5.92 Å². The van der Waals surface area contributed by atoms with Gasteiger partial charge in [0, 0.05) is 21.7 Å². The van der Waals surface area contributed by atoms with E-state index in [1.165, 1.54) is 5.56 Å². The molecule has 140 valence electrons. The number of halogens is 1. The molecule has 5 rings (SSSR count). The fourth-order valence-corrected chi connectivity index (χ4v) is 6.34. The second-order valence-electron chi connectivity index (χ2n) is 7.19. The average Bonchev–Trinajstić information content (AvgIpc) is 3.02. The Balaban J connectivity index is 1.61. The summed E-state index contributed by atoms with van der Waals surface area (Å²) in [5.74, 6) is 0.287. The molecule has 0 amide bonds. The molecular weight excluding hydrogens is 434 g/mol. The molecule has 0 heterocycles. The largest absolute Gasteiger partial charge is 0.241 e. The number of hydrogen-bond donors (Lipinski definition) is 1. The molecular formula is C23H18BrNO2S. The lowest BCUT2D eigenvalue weighted by atomic mass is 9.87. The molecule has 0 bridgehead atoms. The smallest absolute Gasteiger partial charge is 0.207 e. The molecule has 28 heavy (non-hydrogen) atoms. The lowest BCUT2D eigenvalue weighted by Crippen LogP contribution is -2.31. The minimum atomic E-state index is -3.71. The maximum absolute atomic E-state index is 13.4. The van der Waals surface area contributed by atoms with Crippen LogP contribution in [0, 0.1) is 5.92 Å². The molecule has 3 aromatic carbocycles. The van der Waals surface area contributed by atoms with Gasteiger partial charge in [-0.25, -0.2) is 13.1 Å². The van der Waals surface area contributed by atoms with Crippen molar-refractivity contribution in [1.29, 1.82) is 0 Å². The van der Waals surface area contributed by atoms with Gasteiger partial charge in [0.25, 0.3) is 0 Å². The molecule has 2 aliphatic rings. The normalized spacial score (nSPS) is 23.0. The molecule has 2 aliphatic carbocycles. The lowest BCUT2D eigenvalue weighted by molar-refractivity contribution is 0.477. The SMILES string of the molecule is O=S(=O)(NC1c2ccccc2C2C=CC=CC21)c1ccc(Br)c2ccccc12. The summed E-state index contributed by atoms with van der Waals surface area (Å²) in [4.78, 5) is 0.308. The Kier molecular flexibility index (Phi) is 4.27. The molecule has 3 unspecified atom stereocenters. The lowest BCUT2D eigenvalue weighted by Gasteiger charge is -2.24. The van der Waals surface area contributed by atoms with Crippen LogP contribution >= 0.6 is 15.9 Å². The maximum Gasteiger partial charge on any atom is 0.241 e. The van der Waals surface area contributed by atoms with E-state index in [1.54, 1.807) is 12.1 Å². The van der Waals surface area contributed by atoms with E-state index in [0.717, 1.165) is 15.4 Å². The summed E-state index contributed by atoms with van der Waals surface area (Å²) in [5.41, 5.74) is 2.25. The van der Waals surface area contributed by atoms with Gasteiger partial charge in [-0.05, 0) is 28.6 Å². The number of benzene rings is 3. The highest BCUT2D eigenvalue weighted by molar-refractivity contribution is 9.10. The molecule has 5 heteroatoms. The van der Waals surface area contributed by atoms with Crippen molar-refractivity contribution in [3.8, 4) is 0 Å². The van der Waals surface area contributed by atoms with E-state index in [0.29, 0.717) is 10.3 Å². The van der Waals surface area contributed by atoms with Crippen LogP contribution in [-0.2, 0) is 10.0 Å². The summed E-state index contributed by atoms with van der Waals surface area (Å²) in [7, 11) is -3.71. The number of nitrogens with one attached hydrogen (secondary N) is 1. The summed E-state index contributed by atoms with van der Waals surface area (Å²) in [5, 5.41) is 1.60. The zero-order valence-corrected chi connectivity index (χ0v) is 17.3. The second-order valence-corrected chi connectivity index (χ2v) is 9.73. The minimum Gasteiger partial charge on any atom is -0.207 e. The van der Waals surface area contributed by atoms with E-state index < -0.39 is 10.0 Å². The molecule has 0 saturated heterocycles. The van der Waals surface area contributed by atoms with E-state index in [1.807, 2.05) is 54.6 Å². The predicted molar refractivity (Wildman–Crippen MR) is 116 cm³/mol. The van der Waals surface area contributed by atoms with Gasteiger partial charge in [-0.15, -0.1) is 0 Å². The predicted octanol–water partition coefficient (Wildman–Crippen LogP) is 5.46. The first kappa shape index (κ1) is 17.9. The highest BCUT2D eigenvalue weighted by Gasteiger charge is 2.40. The van der Waals surface area contributed by atoms with Gasteiger partial charge in [0.05, 0.1) is 10.9 Å². The molecule has 3 aromatic rings. The third-order valence-corrected chi connectivity index (χ3v) is 7.85. The van der Waals surface area contributed by atoms with Gasteiger partial charge < -0.3 is 0 Å². The zero-order valence-electron chi connectivity index (χ0n) is 14.9. The highest BCUT2D eigenvalue weighted by atomic mass is 79.9. The zero-order chi connectivity index (χ0) is 19.3. The van der Waals surface area contributed by atoms with Gasteiger partial charge in [0.2, 0.25) is 10.0 Å². The van der Waals surface area contributed by atoms with Crippen molar-refractivity contribution in [2.45, 2.75) is 16.9 Å². The highest BCUT2D eigenvalue weighted by Crippen LogP contribution is 2.48. The van der Waals surface area contributed by atoms with Crippen LogP contribution in [0.25, 0.3) is 10.8 Å². The Morgan fingerprint density at radius 1 is 0.786 bits per heavy atom. The van der Waals surface area contributed by atoms with Crippen LogP contribution in [-0.4, -0.2) is 8.42 Å². The Labute approximate surface area is 173 Å². The second kappa shape index (κ2) is 6.69. The Hall–Kier alpha value is -2.21. The molecule has 3 nitrogen and oxygen atoms in total. The molecule has 0 saturated carbocycles. The molecule has 0 spiro atoms. The number of fused-ring (bicyclic) bond motifs is 4. The van der Waals surface area contributed by atoms with E-state index in [4.69, 9.17) is 0 Å². The molecule has 0 fully saturated rings. The fourth-order valence-electron chi connectivity index (χ4n) is 4.40. The van der Waals surface area contributed by atoms with Crippen molar-refractivity contribution in [1.82, 2.24) is 4.72 Å². The first-order valence-corrected chi connectivity index (χ1v) is 11.5. The summed E-state index contributed by atoms with van der Waals surface area (Å²) >= 11 is 3.52. The van der Waals surface area contributed by atoms with Gasteiger partial charge in [0.15, 0.2) is 0 Å². The van der Waals surface area contributed by atoms with E-state index in [2.05, 4.69) is 38.9 Å². The van der Waals surface area contributed by atoms with Crippen LogP contribution in [0.1, 0.15) is 23.1 Å². The van der Waals surface area contributed by atoms with Crippen molar-refractivity contribution in [2.75, 3.05) is 0 Å². The number of allylic oxidation sites excluding steroid dienone is 3. The van der Waals surface area contributed by atoms with Crippen LogP contribution in [0.5, 0.6) is 0 Å². The van der Waals surface area contributed by atoms with Crippen LogP contribution in [0.3, 0.4) is 0 Å². The van der Waals surface area contributed by atoms with Crippen molar-refractivity contribution in [3.63, 3.8) is 0 Å². The summed E-state index contributed by atoms with van der Waals surface area (Å²) < 4.78 is 30.8. The molecule has 0 aliphatic heterocycles. The topological polar surface area (TPSA) is 46.2 Å². The van der Waals surface area contributed by atoms with Crippen LogP contribution in [0.2, 0.25) is 0 Å². The molecule has 1 N–H and O–H groups in total. The molecule has 3 atom stereocenters. The molecule has 0 radical (unpaired) electrons. The number of rotatable bonds is 3. The van der Waals surface area contributed by atoms with Gasteiger partial charge >= 0.3 is 0 Å². The van der Waals surface area contributed by atoms with E-state index in [9.17, 15) is 8.42 Å². The number of sulfonamides is 1. The van der Waals surface area contributed by atoms with Crippen molar-refractivity contribution in [3.05, 3.63) is 101 Å². The first-order valence-electron chi connectivity index (χ1n) is 9.20. The quantitative estimate of drug-likeness (QED) is 0.574. The van der Waals surface area contributed by atoms with Crippen LogP contribution in [0.15, 0.2) is 94.3 Å². The number of hydrogen-bond acceptors (Lipinski definition) is 2. The van der Waals surface area contributed by atoms with Gasteiger partial charge in [0.1, 0.15) is 0 Å². The van der Waals surface area contributed by atoms with E-state index in [-0.39, 0.29) is 17.9 Å². The standard InChI is InChI=1S/C23H18BrNO2S/c24-21-13-14-22(18-10-4-3-9-17(18)21)28(26,27)25-23-19-11-5-1-7-15(19)16-8-2-6-12-20(16)23/h1-15,19,23,25H. The Morgan fingerprint density at radius 2 is 1.46 bits per heavy atom. The third-order valence-electron chi connectivity index (χ3n) is 5.66. The fraction of sp³-hybridized carbons (Fsp3) is 0.130. The van der Waals surface area contributed by atoms with Gasteiger partial charge in [-0.3, -0.25) is 0 Å². The van der Waals surface area contributed by atoms with Crippen molar-refractivity contribution >= 4 is 36.7 Å². The maximum atomic E-state index is 13.4. The van der Waals surface area contributed by atoms with Gasteiger partial charge in [-0.1, -0.05) is 88.8 Å². The van der Waals surface area contributed by atoms with Crippen LogP contribution in [0.4, 0.5) is 0 Å². The first-order chi connectivity index (χ1) is 13.6. The Bertz CT molecular complexity index is 1250. The third kappa shape index (κ3) is 2.77. The van der Waals surface area contributed by atoms with Crippen LogP contribution < -0.4 is 4.72 Å². The Morgan fingerprint density at radius 3 is 2.29 bits per heavy atom. The van der Waals surface area contributed by atoms with Gasteiger partial charge in [-0.2, -0.15) is 0 Å². The van der Waals surface area contributed by atoms with Crippen molar-refractivity contribution < 1.29 is 8.42 Å². The average molecular weight is 452 g/mol. The molecule has 0 aromatic heterocycles. The summed E-state index contributed by atoms with van der Waals surface area (Å²) in [6.07, 6.45) is 8.31. The minimum absolute atomic E-state index is 0.0823. The van der Waals surface area contributed by atoms with E-state index >= 15 is 0 Å².